The van der Waals surface area contributed by atoms with Gasteiger partial charge in [-0.25, -0.2) is 4.79 Å². The van der Waals surface area contributed by atoms with Gasteiger partial charge in [0.2, 0.25) is 5.91 Å². The van der Waals surface area contributed by atoms with E-state index in [0.29, 0.717) is 12.2 Å². The van der Waals surface area contributed by atoms with E-state index in [2.05, 4.69) is 15.5 Å². The van der Waals surface area contributed by atoms with E-state index in [4.69, 9.17) is 4.74 Å². The second-order valence-corrected chi connectivity index (χ2v) is 11.4. The molecule has 4 bridgehead atoms. The SMILES string of the molecule is CC(C(=O)NC(=O)NC12CC3CC(CC(C3)C1)C2)N1CCC(OC2CCCCC2)CC1. The van der Waals surface area contributed by atoms with Crippen LogP contribution in [0.1, 0.15) is 90.4 Å². The number of ether oxygens (including phenoxy) is 1. The van der Waals surface area contributed by atoms with E-state index in [0.717, 1.165) is 62.9 Å². The number of rotatable bonds is 5. The topological polar surface area (TPSA) is 70.7 Å². The van der Waals surface area contributed by atoms with Crippen molar-refractivity contribution in [2.75, 3.05) is 13.1 Å². The lowest BCUT2D eigenvalue weighted by Crippen LogP contribution is -2.62. The number of amides is 3. The first-order chi connectivity index (χ1) is 15.0. The highest BCUT2D eigenvalue weighted by Gasteiger charge is 2.51. The van der Waals surface area contributed by atoms with Gasteiger partial charge in [0.1, 0.15) is 0 Å². The Hall–Kier alpha value is -1.14. The van der Waals surface area contributed by atoms with Crippen molar-refractivity contribution in [3.05, 3.63) is 0 Å². The number of carbonyl (C=O) groups is 2. The standard InChI is InChI=1S/C25H41N3O3/c1-17(28-9-7-22(8-10-28)31-21-5-3-2-4-6-21)23(29)26-24(30)27-25-14-18-11-19(15-25)13-20(12-18)16-25/h17-22H,2-16H2,1H3,(H2,26,27,29,30). The molecule has 1 heterocycles. The summed E-state index contributed by atoms with van der Waals surface area (Å²) >= 11 is 0. The Balaban J connectivity index is 1.06. The summed E-state index contributed by atoms with van der Waals surface area (Å²) in [5, 5.41) is 5.92. The molecule has 0 aromatic carbocycles. The van der Waals surface area contributed by atoms with Gasteiger partial charge in [0.15, 0.2) is 0 Å². The van der Waals surface area contributed by atoms with Gasteiger partial charge >= 0.3 is 6.03 Å². The van der Waals surface area contributed by atoms with Crippen molar-refractivity contribution in [3.63, 3.8) is 0 Å². The molecule has 0 aromatic heterocycles. The summed E-state index contributed by atoms with van der Waals surface area (Å²) in [7, 11) is 0. The van der Waals surface area contributed by atoms with E-state index >= 15 is 0 Å². The summed E-state index contributed by atoms with van der Waals surface area (Å²) in [6.07, 6.45) is 16.4. The van der Waals surface area contributed by atoms with Gasteiger partial charge < -0.3 is 10.1 Å². The molecule has 2 N–H and O–H groups in total. The average Bonchev–Trinajstić information content (AvgIpc) is 2.73. The Morgan fingerprint density at radius 1 is 0.871 bits per heavy atom. The molecular weight excluding hydrogens is 390 g/mol. The molecule has 1 saturated heterocycles. The number of hydrogen-bond donors (Lipinski definition) is 2. The quantitative estimate of drug-likeness (QED) is 0.691. The Morgan fingerprint density at radius 2 is 1.42 bits per heavy atom. The summed E-state index contributed by atoms with van der Waals surface area (Å²) < 4.78 is 6.33. The predicted octanol–water partition coefficient (Wildman–Crippen LogP) is 3.98. The molecule has 174 valence electrons. The van der Waals surface area contributed by atoms with Crippen LogP contribution in [-0.2, 0) is 9.53 Å². The zero-order chi connectivity index (χ0) is 21.4. The van der Waals surface area contributed by atoms with E-state index in [1.54, 1.807) is 0 Å². The minimum atomic E-state index is -0.283. The monoisotopic (exact) mass is 431 g/mol. The number of hydrogen-bond acceptors (Lipinski definition) is 4. The van der Waals surface area contributed by atoms with Crippen molar-refractivity contribution in [1.29, 1.82) is 0 Å². The number of likely N-dealkylation sites (tertiary alicyclic amines) is 1. The van der Waals surface area contributed by atoms with Gasteiger partial charge in [0, 0.05) is 18.6 Å². The Bertz CT molecular complexity index is 632. The zero-order valence-electron chi connectivity index (χ0n) is 19.2. The van der Waals surface area contributed by atoms with Crippen LogP contribution in [-0.4, -0.2) is 53.7 Å². The van der Waals surface area contributed by atoms with Gasteiger partial charge in [0.05, 0.1) is 18.2 Å². The highest BCUT2D eigenvalue weighted by Crippen LogP contribution is 2.55. The lowest BCUT2D eigenvalue weighted by atomic mass is 9.53. The molecule has 5 aliphatic carbocycles. The highest BCUT2D eigenvalue weighted by atomic mass is 16.5. The van der Waals surface area contributed by atoms with Crippen LogP contribution in [0.3, 0.4) is 0 Å². The first kappa shape index (κ1) is 21.7. The molecule has 6 heteroatoms. The molecule has 1 atom stereocenters. The van der Waals surface area contributed by atoms with E-state index < -0.39 is 0 Å². The number of carbonyl (C=O) groups excluding carboxylic acids is 2. The largest absolute Gasteiger partial charge is 0.375 e. The third-order valence-corrected chi connectivity index (χ3v) is 8.99. The maximum atomic E-state index is 12.8. The van der Waals surface area contributed by atoms with Gasteiger partial charge in [0.25, 0.3) is 0 Å². The molecule has 3 amide bonds. The number of imide groups is 1. The van der Waals surface area contributed by atoms with Crippen LogP contribution in [0, 0.1) is 17.8 Å². The van der Waals surface area contributed by atoms with Crippen molar-refractivity contribution in [1.82, 2.24) is 15.5 Å². The van der Waals surface area contributed by atoms with Crippen molar-refractivity contribution in [3.8, 4) is 0 Å². The van der Waals surface area contributed by atoms with Crippen LogP contribution in [0.15, 0.2) is 0 Å². The fourth-order valence-corrected chi connectivity index (χ4v) is 7.79. The van der Waals surface area contributed by atoms with Gasteiger partial charge in [-0.05, 0) is 88.9 Å². The molecule has 6 aliphatic rings. The average molecular weight is 432 g/mol. The van der Waals surface area contributed by atoms with Crippen LogP contribution >= 0.6 is 0 Å². The van der Waals surface area contributed by atoms with Crippen LogP contribution in [0.4, 0.5) is 4.79 Å². The maximum Gasteiger partial charge on any atom is 0.321 e. The number of nitrogens with zero attached hydrogens (tertiary/aromatic N) is 1. The molecule has 6 nitrogen and oxygen atoms in total. The van der Waals surface area contributed by atoms with E-state index in [9.17, 15) is 9.59 Å². The molecule has 0 aromatic rings. The lowest BCUT2D eigenvalue weighted by Gasteiger charge is -2.56. The summed E-state index contributed by atoms with van der Waals surface area (Å²) in [5.41, 5.74) is -0.0584. The Morgan fingerprint density at radius 3 is 2.00 bits per heavy atom. The molecule has 5 saturated carbocycles. The fourth-order valence-electron chi connectivity index (χ4n) is 7.79. The third kappa shape index (κ3) is 4.95. The fraction of sp³-hybridized carbons (Fsp3) is 0.920. The highest BCUT2D eigenvalue weighted by molar-refractivity contribution is 5.97. The van der Waals surface area contributed by atoms with Crippen molar-refractivity contribution >= 4 is 11.9 Å². The van der Waals surface area contributed by atoms with E-state index in [1.165, 1.54) is 51.4 Å². The summed E-state index contributed by atoms with van der Waals surface area (Å²) in [5.74, 6) is 2.16. The molecule has 31 heavy (non-hydrogen) atoms. The first-order valence-electron chi connectivity index (χ1n) is 13.0. The molecule has 0 radical (unpaired) electrons. The van der Waals surface area contributed by atoms with Gasteiger partial charge in [-0.15, -0.1) is 0 Å². The smallest absolute Gasteiger partial charge is 0.321 e. The number of urea groups is 1. The van der Waals surface area contributed by atoms with Gasteiger partial charge in [-0.2, -0.15) is 0 Å². The maximum absolute atomic E-state index is 12.8. The van der Waals surface area contributed by atoms with Crippen molar-refractivity contribution < 1.29 is 14.3 Å². The van der Waals surface area contributed by atoms with Crippen molar-refractivity contribution in [2.45, 2.75) is 114 Å². The molecular formula is C25H41N3O3. The Kier molecular flexibility index (Phi) is 6.31. The summed E-state index contributed by atoms with van der Waals surface area (Å²) in [4.78, 5) is 27.7. The first-order valence-corrected chi connectivity index (χ1v) is 13.0. The Labute approximate surface area is 187 Å². The summed E-state index contributed by atoms with van der Waals surface area (Å²) in [6.45, 7) is 3.65. The zero-order valence-corrected chi connectivity index (χ0v) is 19.2. The molecule has 0 spiro atoms. The summed E-state index contributed by atoms with van der Waals surface area (Å²) in [6, 6.07) is -0.563. The third-order valence-electron chi connectivity index (χ3n) is 8.99. The van der Waals surface area contributed by atoms with E-state index in [1.807, 2.05) is 6.92 Å². The lowest BCUT2D eigenvalue weighted by molar-refractivity contribution is -0.126. The molecule has 6 fully saturated rings. The molecule has 1 unspecified atom stereocenters. The molecule has 6 rings (SSSR count). The minimum Gasteiger partial charge on any atom is -0.375 e. The number of nitrogens with one attached hydrogen (secondary N) is 2. The second-order valence-electron chi connectivity index (χ2n) is 11.4. The van der Waals surface area contributed by atoms with Gasteiger partial charge in [-0.3, -0.25) is 15.0 Å². The van der Waals surface area contributed by atoms with Crippen LogP contribution in [0.25, 0.3) is 0 Å². The normalized spacial score (nSPS) is 37.5. The van der Waals surface area contributed by atoms with E-state index in [-0.39, 0.29) is 23.5 Å². The second kappa shape index (κ2) is 9.01. The van der Waals surface area contributed by atoms with Crippen LogP contribution < -0.4 is 10.6 Å². The number of piperidine rings is 1. The predicted molar refractivity (Wildman–Crippen MR) is 120 cm³/mol. The van der Waals surface area contributed by atoms with Gasteiger partial charge in [-0.1, -0.05) is 19.3 Å². The van der Waals surface area contributed by atoms with Crippen LogP contribution in [0.5, 0.6) is 0 Å². The molecule has 1 aliphatic heterocycles. The minimum absolute atomic E-state index is 0.0584. The van der Waals surface area contributed by atoms with Crippen molar-refractivity contribution in [2.24, 2.45) is 17.8 Å². The van der Waals surface area contributed by atoms with Crippen LogP contribution in [0.2, 0.25) is 0 Å².